The van der Waals surface area contributed by atoms with Gasteiger partial charge in [-0.2, -0.15) is 13.2 Å². The molecule has 0 unspecified atom stereocenters. The Hall–Kier alpha value is -3.36. The van der Waals surface area contributed by atoms with E-state index in [4.69, 9.17) is 11.6 Å². The van der Waals surface area contributed by atoms with Gasteiger partial charge >= 0.3 is 6.18 Å². The molecule has 3 aromatic carbocycles. The van der Waals surface area contributed by atoms with Gasteiger partial charge in [0.1, 0.15) is 0 Å². The molecule has 9 heteroatoms. The summed E-state index contributed by atoms with van der Waals surface area (Å²) in [4.78, 5) is 17.0. The van der Waals surface area contributed by atoms with Crippen molar-refractivity contribution >= 4 is 45.4 Å². The Labute approximate surface area is 190 Å². The minimum absolute atomic E-state index is 0.130. The van der Waals surface area contributed by atoms with E-state index in [1.807, 2.05) is 23.6 Å². The highest BCUT2D eigenvalue weighted by atomic mass is 35.5. The number of thiazole rings is 1. The van der Waals surface area contributed by atoms with Crippen molar-refractivity contribution in [3.05, 3.63) is 94.3 Å². The van der Waals surface area contributed by atoms with Gasteiger partial charge in [-0.05, 0) is 54.6 Å². The highest BCUT2D eigenvalue weighted by Gasteiger charge is 2.30. The summed E-state index contributed by atoms with van der Waals surface area (Å²) in [7, 11) is 0. The fourth-order valence-corrected chi connectivity index (χ4v) is 3.85. The monoisotopic (exact) mass is 473 g/mol. The van der Waals surface area contributed by atoms with Crippen molar-refractivity contribution < 1.29 is 18.0 Å². The van der Waals surface area contributed by atoms with E-state index in [1.54, 1.807) is 30.3 Å². The molecule has 0 saturated heterocycles. The van der Waals surface area contributed by atoms with Crippen LogP contribution >= 0.6 is 22.9 Å². The van der Waals surface area contributed by atoms with Crippen molar-refractivity contribution in [3.63, 3.8) is 0 Å². The second-order valence-corrected chi connectivity index (χ2v) is 8.08. The van der Waals surface area contributed by atoms with Crippen LogP contribution < -0.4 is 10.6 Å². The van der Waals surface area contributed by atoms with E-state index in [0.29, 0.717) is 21.5 Å². The number of carbonyl (C=O) groups excluding carboxylic acids is 1. The van der Waals surface area contributed by atoms with Crippen LogP contribution in [0, 0.1) is 0 Å². The summed E-state index contributed by atoms with van der Waals surface area (Å²) in [5.41, 5.74) is 2.14. The lowest BCUT2D eigenvalue weighted by Gasteiger charge is -2.09. The molecule has 1 heterocycles. The number of carbonyl (C=O) groups is 1. The molecule has 0 atom stereocenters. The molecule has 0 radical (unpaired) electrons. The first-order chi connectivity index (χ1) is 15.3. The molecule has 0 fully saturated rings. The van der Waals surface area contributed by atoms with E-state index in [0.717, 1.165) is 35.5 Å². The minimum atomic E-state index is -4.45. The maximum absolute atomic E-state index is 12.7. The molecule has 0 saturated carbocycles. The molecule has 0 aliphatic rings. The van der Waals surface area contributed by atoms with Crippen LogP contribution in [0.3, 0.4) is 0 Å². The first-order valence-corrected chi connectivity index (χ1v) is 10.6. The van der Waals surface area contributed by atoms with Gasteiger partial charge in [-0.3, -0.25) is 4.79 Å². The number of halogens is 4. The molecular formula is C23H15ClF3N3OS. The Morgan fingerprint density at radius 1 is 0.938 bits per heavy atom. The topological polar surface area (TPSA) is 54.0 Å². The zero-order chi connectivity index (χ0) is 22.7. The minimum Gasteiger partial charge on any atom is -0.331 e. The van der Waals surface area contributed by atoms with Gasteiger partial charge in [0.2, 0.25) is 0 Å². The SMILES string of the molecule is O=C(Nc1cccc(-c2csc(Nc3cccc(Cl)c3)n2)c1)c1ccc(C(F)(F)F)cc1. The number of rotatable bonds is 5. The normalized spacial score (nSPS) is 11.2. The second kappa shape index (κ2) is 9.02. The highest BCUT2D eigenvalue weighted by molar-refractivity contribution is 7.14. The fourth-order valence-electron chi connectivity index (χ4n) is 2.92. The maximum atomic E-state index is 12.7. The van der Waals surface area contributed by atoms with Crippen LogP contribution in [0.4, 0.5) is 29.7 Å². The molecule has 1 amide bonds. The standard InChI is InChI=1S/C23H15ClF3N3OS/c24-17-4-2-6-19(12-17)29-22-30-20(13-32-22)15-3-1-5-18(11-15)28-21(31)14-7-9-16(10-8-14)23(25,26)27/h1-13H,(H,28,31)(H,29,30). The molecule has 0 aliphatic carbocycles. The molecule has 4 nitrogen and oxygen atoms in total. The Morgan fingerprint density at radius 2 is 1.66 bits per heavy atom. The molecule has 32 heavy (non-hydrogen) atoms. The van der Waals surface area contributed by atoms with Crippen LogP contribution in [-0.4, -0.2) is 10.9 Å². The van der Waals surface area contributed by atoms with Gasteiger partial charge in [-0.1, -0.05) is 29.8 Å². The third-order valence-corrected chi connectivity index (χ3v) is 5.46. The summed E-state index contributed by atoms with van der Waals surface area (Å²) in [5.74, 6) is -0.502. The first-order valence-electron chi connectivity index (χ1n) is 9.35. The van der Waals surface area contributed by atoms with Crippen molar-refractivity contribution in [1.82, 2.24) is 4.98 Å². The average molecular weight is 474 g/mol. The van der Waals surface area contributed by atoms with E-state index in [-0.39, 0.29) is 5.56 Å². The van der Waals surface area contributed by atoms with E-state index in [1.165, 1.54) is 11.3 Å². The van der Waals surface area contributed by atoms with Gasteiger partial charge in [-0.15, -0.1) is 11.3 Å². The lowest BCUT2D eigenvalue weighted by molar-refractivity contribution is -0.137. The Bertz CT molecular complexity index is 1260. The summed E-state index contributed by atoms with van der Waals surface area (Å²) < 4.78 is 38.1. The number of anilines is 3. The Balaban J connectivity index is 1.47. The third kappa shape index (κ3) is 5.27. The van der Waals surface area contributed by atoms with Crippen LogP contribution in [0.15, 0.2) is 78.2 Å². The van der Waals surface area contributed by atoms with Gasteiger partial charge in [0.15, 0.2) is 5.13 Å². The number of nitrogens with one attached hydrogen (secondary N) is 2. The smallest absolute Gasteiger partial charge is 0.331 e. The van der Waals surface area contributed by atoms with Crippen LogP contribution in [0.5, 0.6) is 0 Å². The van der Waals surface area contributed by atoms with E-state index >= 15 is 0 Å². The van der Waals surface area contributed by atoms with E-state index in [9.17, 15) is 18.0 Å². The number of nitrogens with zero attached hydrogens (tertiary/aromatic N) is 1. The molecule has 162 valence electrons. The van der Waals surface area contributed by atoms with Crippen LogP contribution in [0.2, 0.25) is 5.02 Å². The second-order valence-electron chi connectivity index (χ2n) is 6.78. The average Bonchev–Trinajstić information content (AvgIpc) is 3.22. The summed E-state index contributed by atoms with van der Waals surface area (Å²) in [6.45, 7) is 0. The van der Waals surface area contributed by atoms with Crippen molar-refractivity contribution in [2.75, 3.05) is 10.6 Å². The number of benzene rings is 3. The van der Waals surface area contributed by atoms with Crippen LogP contribution in [0.1, 0.15) is 15.9 Å². The largest absolute Gasteiger partial charge is 0.416 e. The lowest BCUT2D eigenvalue weighted by atomic mass is 10.1. The van der Waals surface area contributed by atoms with Crippen LogP contribution in [-0.2, 0) is 6.18 Å². The molecule has 4 rings (SSSR count). The molecular weight excluding hydrogens is 459 g/mol. The van der Waals surface area contributed by atoms with Gasteiger partial charge < -0.3 is 10.6 Å². The van der Waals surface area contributed by atoms with Gasteiger partial charge in [0, 0.05) is 32.9 Å². The first kappa shape index (κ1) is 21.9. The summed E-state index contributed by atoms with van der Waals surface area (Å²) >= 11 is 7.42. The van der Waals surface area contributed by atoms with E-state index < -0.39 is 17.6 Å². The van der Waals surface area contributed by atoms with Crippen molar-refractivity contribution in [2.45, 2.75) is 6.18 Å². The Morgan fingerprint density at radius 3 is 2.38 bits per heavy atom. The molecule has 0 spiro atoms. The molecule has 4 aromatic rings. The number of hydrogen-bond donors (Lipinski definition) is 2. The van der Waals surface area contributed by atoms with E-state index in [2.05, 4.69) is 15.6 Å². The van der Waals surface area contributed by atoms with Crippen LogP contribution in [0.25, 0.3) is 11.3 Å². The predicted octanol–water partition coefficient (Wildman–Crippen LogP) is 7.48. The number of alkyl halides is 3. The molecule has 2 N–H and O–H groups in total. The maximum Gasteiger partial charge on any atom is 0.416 e. The lowest BCUT2D eigenvalue weighted by Crippen LogP contribution is -2.12. The Kier molecular flexibility index (Phi) is 6.16. The number of amides is 1. The summed E-state index contributed by atoms with van der Waals surface area (Å²) in [6, 6.07) is 18.4. The van der Waals surface area contributed by atoms with Gasteiger partial charge in [-0.25, -0.2) is 4.98 Å². The van der Waals surface area contributed by atoms with Gasteiger partial charge in [0.05, 0.1) is 11.3 Å². The fraction of sp³-hybridized carbons (Fsp3) is 0.0435. The molecule has 0 aliphatic heterocycles. The molecule has 1 aromatic heterocycles. The van der Waals surface area contributed by atoms with Crippen molar-refractivity contribution in [1.29, 1.82) is 0 Å². The number of hydrogen-bond acceptors (Lipinski definition) is 4. The summed E-state index contributed by atoms with van der Waals surface area (Å²) in [5, 5.41) is 9.07. The zero-order valence-corrected chi connectivity index (χ0v) is 17.9. The highest BCUT2D eigenvalue weighted by Crippen LogP contribution is 2.30. The van der Waals surface area contributed by atoms with Gasteiger partial charge in [0.25, 0.3) is 5.91 Å². The number of aromatic nitrogens is 1. The van der Waals surface area contributed by atoms with Crippen molar-refractivity contribution in [2.24, 2.45) is 0 Å². The quantitative estimate of drug-likeness (QED) is 0.316. The summed E-state index contributed by atoms with van der Waals surface area (Å²) in [6.07, 6.45) is -4.45. The zero-order valence-electron chi connectivity index (χ0n) is 16.3. The third-order valence-electron chi connectivity index (χ3n) is 4.47. The molecule has 0 bridgehead atoms. The van der Waals surface area contributed by atoms with Crippen molar-refractivity contribution in [3.8, 4) is 11.3 Å². The predicted molar refractivity (Wildman–Crippen MR) is 122 cm³/mol.